The van der Waals surface area contributed by atoms with Crippen LogP contribution in [-0.4, -0.2) is 18.4 Å². The number of hydrogen-bond acceptors (Lipinski definition) is 3. The van der Waals surface area contributed by atoms with E-state index in [1.165, 1.54) is 0 Å². The van der Waals surface area contributed by atoms with Crippen LogP contribution in [0.15, 0.2) is 91.0 Å². The molecule has 0 bridgehead atoms. The van der Waals surface area contributed by atoms with Gasteiger partial charge in [0, 0.05) is 34.7 Å². The Balaban J connectivity index is 1.23. The zero-order valence-electron chi connectivity index (χ0n) is 17.7. The summed E-state index contributed by atoms with van der Waals surface area (Å²) in [6, 6.07) is 28.3. The van der Waals surface area contributed by atoms with Crippen LogP contribution in [-0.2, 0) is 9.59 Å². The normalized spacial score (nSPS) is 15.6. The maximum atomic E-state index is 12.8. The lowest BCUT2D eigenvalue weighted by Gasteiger charge is -2.17. The summed E-state index contributed by atoms with van der Waals surface area (Å²) in [5.74, 6) is 0.782. The number of halogens is 1. The minimum atomic E-state index is -0.417. The van der Waals surface area contributed by atoms with Gasteiger partial charge < -0.3 is 15.0 Å². The van der Waals surface area contributed by atoms with Gasteiger partial charge in [-0.25, -0.2) is 0 Å². The Hall–Kier alpha value is -3.83. The molecule has 0 saturated carbocycles. The van der Waals surface area contributed by atoms with Gasteiger partial charge in [0.25, 0.3) is 0 Å². The van der Waals surface area contributed by atoms with Crippen molar-refractivity contribution in [2.24, 2.45) is 5.92 Å². The first-order valence-electron chi connectivity index (χ1n) is 10.7. The van der Waals surface area contributed by atoms with E-state index < -0.39 is 5.92 Å². The van der Waals surface area contributed by atoms with Crippen molar-refractivity contribution in [3.8, 4) is 11.5 Å². The Bertz CT molecular complexity index is 1310. The van der Waals surface area contributed by atoms with Gasteiger partial charge in [-0.3, -0.25) is 9.59 Å². The third kappa shape index (κ3) is 4.54. The van der Waals surface area contributed by atoms with Gasteiger partial charge in [0.2, 0.25) is 11.8 Å². The van der Waals surface area contributed by atoms with E-state index >= 15 is 0 Å². The zero-order chi connectivity index (χ0) is 22.8. The molecular formula is C27H21ClN2O3. The van der Waals surface area contributed by atoms with E-state index in [9.17, 15) is 9.59 Å². The molecule has 1 atom stereocenters. The van der Waals surface area contributed by atoms with E-state index in [-0.39, 0.29) is 18.2 Å². The van der Waals surface area contributed by atoms with Crippen molar-refractivity contribution in [1.82, 2.24) is 0 Å². The van der Waals surface area contributed by atoms with Gasteiger partial charge in [-0.15, -0.1) is 0 Å². The maximum Gasteiger partial charge on any atom is 0.229 e. The van der Waals surface area contributed by atoms with Crippen molar-refractivity contribution in [2.45, 2.75) is 6.42 Å². The molecule has 4 aromatic rings. The maximum absolute atomic E-state index is 12.8. The van der Waals surface area contributed by atoms with Crippen LogP contribution in [0.1, 0.15) is 6.42 Å². The number of fused-ring (bicyclic) bond motifs is 1. The first kappa shape index (κ1) is 21.0. The second kappa shape index (κ2) is 8.96. The van der Waals surface area contributed by atoms with E-state index in [2.05, 4.69) is 5.32 Å². The molecule has 1 saturated heterocycles. The van der Waals surface area contributed by atoms with Crippen molar-refractivity contribution < 1.29 is 14.3 Å². The second-order valence-electron chi connectivity index (χ2n) is 7.97. The van der Waals surface area contributed by atoms with Crippen LogP contribution in [0.2, 0.25) is 5.02 Å². The molecule has 1 fully saturated rings. The molecule has 0 aliphatic carbocycles. The Morgan fingerprint density at radius 2 is 1.64 bits per heavy atom. The first-order chi connectivity index (χ1) is 16.1. The minimum absolute atomic E-state index is 0.0729. The fourth-order valence-electron chi connectivity index (χ4n) is 4.02. The van der Waals surface area contributed by atoms with E-state index in [1.807, 2.05) is 54.6 Å². The minimum Gasteiger partial charge on any atom is -0.457 e. The lowest BCUT2D eigenvalue weighted by molar-refractivity contribution is -0.122. The average Bonchev–Trinajstić information content (AvgIpc) is 3.23. The number of nitrogens with zero attached hydrogens (tertiary/aromatic N) is 1. The highest BCUT2D eigenvalue weighted by atomic mass is 35.5. The predicted octanol–water partition coefficient (Wildman–Crippen LogP) is 6.28. The monoisotopic (exact) mass is 456 g/mol. The second-order valence-corrected chi connectivity index (χ2v) is 8.41. The molecule has 1 aliphatic heterocycles. The highest BCUT2D eigenvalue weighted by molar-refractivity contribution is 6.30. The molecular weight excluding hydrogens is 436 g/mol. The summed E-state index contributed by atoms with van der Waals surface area (Å²) >= 11 is 5.93. The van der Waals surface area contributed by atoms with Crippen molar-refractivity contribution in [3.63, 3.8) is 0 Å². The Morgan fingerprint density at radius 1 is 0.909 bits per heavy atom. The average molecular weight is 457 g/mol. The van der Waals surface area contributed by atoms with Crippen LogP contribution >= 0.6 is 11.6 Å². The van der Waals surface area contributed by atoms with Crippen molar-refractivity contribution >= 4 is 45.6 Å². The molecule has 1 heterocycles. The lowest BCUT2D eigenvalue weighted by Crippen LogP contribution is -2.28. The molecule has 0 radical (unpaired) electrons. The summed E-state index contributed by atoms with van der Waals surface area (Å²) in [6.45, 7) is 0.342. The third-order valence-electron chi connectivity index (χ3n) is 5.73. The highest BCUT2D eigenvalue weighted by Crippen LogP contribution is 2.31. The van der Waals surface area contributed by atoms with Crippen LogP contribution in [0, 0.1) is 5.92 Å². The molecule has 6 heteroatoms. The van der Waals surface area contributed by atoms with Gasteiger partial charge in [-0.05, 0) is 60.0 Å². The topological polar surface area (TPSA) is 58.6 Å². The SMILES string of the molecule is O=C(Nc1ccc(Oc2cccc3ccccc23)cc1)[C@@H]1CC(=O)N(c2ccc(Cl)cc2)C1. The summed E-state index contributed by atoms with van der Waals surface area (Å²) in [5, 5.41) is 5.66. The van der Waals surface area contributed by atoms with E-state index in [0.717, 1.165) is 22.2 Å². The molecule has 1 aliphatic rings. The number of benzene rings is 4. The zero-order valence-corrected chi connectivity index (χ0v) is 18.5. The molecule has 0 spiro atoms. The quantitative estimate of drug-likeness (QED) is 0.384. The molecule has 4 aromatic carbocycles. The third-order valence-corrected chi connectivity index (χ3v) is 5.99. The Labute approximate surface area is 196 Å². The number of carbonyl (C=O) groups excluding carboxylic acids is 2. The van der Waals surface area contributed by atoms with Crippen molar-refractivity contribution in [3.05, 3.63) is 96.0 Å². The number of amides is 2. The first-order valence-corrected chi connectivity index (χ1v) is 11.1. The fourth-order valence-corrected chi connectivity index (χ4v) is 4.14. The Morgan fingerprint density at radius 3 is 2.42 bits per heavy atom. The predicted molar refractivity (Wildman–Crippen MR) is 131 cm³/mol. The van der Waals surface area contributed by atoms with Gasteiger partial charge >= 0.3 is 0 Å². The van der Waals surface area contributed by atoms with Crippen molar-refractivity contribution in [1.29, 1.82) is 0 Å². The largest absolute Gasteiger partial charge is 0.457 e. The number of rotatable bonds is 5. The van der Waals surface area contributed by atoms with Crippen LogP contribution < -0.4 is 15.0 Å². The molecule has 5 rings (SSSR count). The number of carbonyl (C=O) groups is 2. The smallest absolute Gasteiger partial charge is 0.229 e. The van der Waals surface area contributed by atoms with E-state index in [1.54, 1.807) is 41.3 Å². The summed E-state index contributed by atoms with van der Waals surface area (Å²) in [6.07, 6.45) is 0.177. The summed E-state index contributed by atoms with van der Waals surface area (Å²) < 4.78 is 6.06. The molecule has 164 valence electrons. The number of ether oxygens (including phenoxy) is 1. The molecule has 0 unspecified atom stereocenters. The van der Waals surface area contributed by atoms with E-state index in [0.29, 0.717) is 23.0 Å². The van der Waals surface area contributed by atoms with E-state index in [4.69, 9.17) is 16.3 Å². The molecule has 5 nitrogen and oxygen atoms in total. The van der Waals surface area contributed by atoms with Gasteiger partial charge in [0.15, 0.2) is 0 Å². The van der Waals surface area contributed by atoms with Crippen LogP contribution in [0.4, 0.5) is 11.4 Å². The molecule has 0 aromatic heterocycles. The number of hydrogen-bond donors (Lipinski definition) is 1. The number of nitrogens with one attached hydrogen (secondary N) is 1. The lowest BCUT2D eigenvalue weighted by atomic mass is 10.1. The summed E-state index contributed by atoms with van der Waals surface area (Å²) in [4.78, 5) is 26.8. The number of anilines is 2. The standard InChI is InChI=1S/C27H21ClN2O3/c28-20-8-12-22(13-9-20)30-17-19(16-26(30)31)27(32)29-21-10-14-23(15-11-21)33-25-7-3-5-18-4-1-2-6-24(18)25/h1-15,19H,16-17H2,(H,29,32)/t19-/m1/s1. The molecule has 33 heavy (non-hydrogen) atoms. The fraction of sp³-hybridized carbons (Fsp3) is 0.111. The van der Waals surface area contributed by atoms with Crippen LogP contribution in [0.25, 0.3) is 10.8 Å². The van der Waals surface area contributed by atoms with Gasteiger partial charge in [-0.2, -0.15) is 0 Å². The van der Waals surface area contributed by atoms with Crippen LogP contribution in [0.3, 0.4) is 0 Å². The Kier molecular flexibility index (Phi) is 5.71. The molecule has 1 N–H and O–H groups in total. The van der Waals surface area contributed by atoms with Gasteiger partial charge in [0.05, 0.1) is 5.92 Å². The van der Waals surface area contributed by atoms with Gasteiger partial charge in [-0.1, -0.05) is 48.0 Å². The van der Waals surface area contributed by atoms with Crippen molar-refractivity contribution in [2.75, 3.05) is 16.8 Å². The van der Waals surface area contributed by atoms with Crippen LogP contribution in [0.5, 0.6) is 11.5 Å². The molecule has 2 amide bonds. The summed E-state index contributed by atoms with van der Waals surface area (Å²) in [5.41, 5.74) is 1.40. The highest BCUT2D eigenvalue weighted by Gasteiger charge is 2.35. The summed E-state index contributed by atoms with van der Waals surface area (Å²) in [7, 11) is 0. The van der Waals surface area contributed by atoms with Gasteiger partial charge in [0.1, 0.15) is 11.5 Å².